The van der Waals surface area contributed by atoms with Crippen LogP contribution < -0.4 is 14.2 Å². The van der Waals surface area contributed by atoms with Crippen molar-refractivity contribution in [3.63, 3.8) is 0 Å². The van der Waals surface area contributed by atoms with E-state index in [2.05, 4.69) is 4.98 Å². The van der Waals surface area contributed by atoms with Crippen LogP contribution in [0.25, 0.3) is 0 Å². The molecule has 0 bridgehead atoms. The Kier molecular flexibility index (Phi) is 6.82. The van der Waals surface area contributed by atoms with Crippen LogP contribution in [0.15, 0.2) is 54.9 Å². The summed E-state index contributed by atoms with van der Waals surface area (Å²) in [6.45, 7) is 5.12. The van der Waals surface area contributed by atoms with Crippen molar-refractivity contribution < 1.29 is 19.0 Å². The first-order valence-corrected chi connectivity index (χ1v) is 11.2. The van der Waals surface area contributed by atoms with E-state index in [0.29, 0.717) is 12.2 Å². The number of amides is 1. The first kappa shape index (κ1) is 22.6. The lowest BCUT2D eigenvalue weighted by Gasteiger charge is -2.27. The number of methoxy groups -OCH3 is 2. The Morgan fingerprint density at radius 1 is 1.09 bits per heavy atom. The molecule has 1 aliphatic heterocycles. The highest BCUT2D eigenvalue weighted by Crippen LogP contribution is 2.39. The lowest BCUT2D eigenvalue weighted by molar-refractivity contribution is 0.0734. The number of hydrogen-bond acceptors (Lipinski definition) is 5. The maximum atomic E-state index is 13.6. The van der Waals surface area contributed by atoms with Gasteiger partial charge >= 0.3 is 0 Å². The van der Waals surface area contributed by atoms with E-state index in [1.165, 1.54) is 0 Å². The van der Waals surface area contributed by atoms with Crippen LogP contribution in [0.3, 0.4) is 0 Å². The van der Waals surface area contributed by atoms with Gasteiger partial charge in [-0.3, -0.25) is 9.78 Å². The molecule has 172 valence electrons. The van der Waals surface area contributed by atoms with E-state index in [-0.39, 0.29) is 11.9 Å². The van der Waals surface area contributed by atoms with Crippen LogP contribution in [0, 0.1) is 13.8 Å². The van der Waals surface area contributed by atoms with Gasteiger partial charge in [-0.1, -0.05) is 6.07 Å². The third-order valence-corrected chi connectivity index (χ3v) is 6.13. The van der Waals surface area contributed by atoms with E-state index in [9.17, 15) is 4.79 Å². The second-order valence-corrected chi connectivity index (χ2v) is 8.35. The number of nitrogens with zero attached hydrogens (tertiary/aromatic N) is 2. The Balaban J connectivity index is 1.56. The number of pyridine rings is 1. The van der Waals surface area contributed by atoms with Gasteiger partial charge in [-0.15, -0.1) is 0 Å². The largest absolute Gasteiger partial charge is 0.497 e. The van der Waals surface area contributed by atoms with E-state index >= 15 is 0 Å². The zero-order valence-corrected chi connectivity index (χ0v) is 19.6. The fraction of sp³-hybridized carbons (Fsp3) is 0.333. The lowest BCUT2D eigenvalue weighted by Crippen LogP contribution is -2.31. The highest BCUT2D eigenvalue weighted by molar-refractivity contribution is 5.95. The molecule has 1 aromatic heterocycles. The third kappa shape index (κ3) is 4.80. The second kappa shape index (κ2) is 9.94. The fourth-order valence-corrected chi connectivity index (χ4v) is 4.53. The minimum Gasteiger partial charge on any atom is -0.497 e. The number of likely N-dealkylation sites (tertiary alicyclic amines) is 1. The molecule has 0 spiro atoms. The minimum atomic E-state index is -0.0273. The van der Waals surface area contributed by atoms with Gasteiger partial charge < -0.3 is 19.1 Å². The smallest absolute Gasteiger partial charge is 0.254 e. The zero-order valence-electron chi connectivity index (χ0n) is 19.6. The first-order chi connectivity index (χ1) is 16.0. The maximum Gasteiger partial charge on any atom is 0.254 e. The standard InChI is InChI=1S/C27H30N2O4/c1-18-13-21(14-19(2)26(18)33-17-20-7-5-11-28-16-20)27(30)29-12-6-8-24(29)23-10-9-22(31-3)15-25(23)32-4/h5,7,9-11,13-16,24H,6,8,12,17H2,1-4H3. The number of rotatable bonds is 7. The molecule has 1 amide bonds. The summed E-state index contributed by atoms with van der Waals surface area (Å²) in [5, 5.41) is 0. The topological polar surface area (TPSA) is 60.9 Å². The van der Waals surface area contributed by atoms with Gasteiger partial charge in [0.25, 0.3) is 5.91 Å². The summed E-state index contributed by atoms with van der Waals surface area (Å²) in [6.07, 6.45) is 5.39. The summed E-state index contributed by atoms with van der Waals surface area (Å²) in [5.74, 6) is 2.32. The van der Waals surface area contributed by atoms with Gasteiger partial charge in [0.15, 0.2) is 0 Å². The summed E-state index contributed by atoms with van der Waals surface area (Å²) >= 11 is 0. The molecule has 2 aromatic carbocycles. The summed E-state index contributed by atoms with van der Waals surface area (Å²) in [7, 11) is 3.28. The van der Waals surface area contributed by atoms with Crippen LogP contribution in [0.1, 0.15) is 51.5 Å². The van der Waals surface area contributed by atoms with Crippen molar-refractivity contribution >= 4 is 5.91 Å². The van der Waals surface area contributed by atoms with Gasteiger partial charge in [-0.2, -0.15) is 0 Å². The highest BCUT2D eigenvalue weighted by Gasteiger charge is 2.33. The van der Waals surface area contributed by atoms with Crippen LogP contribution in [-0.2, 0) is 6.61 Å². The normalized spacial score (nSPS) is 15.4. The second-order valence-electron chi connectivity index (χ2n) is 8.35. The molecule has 0 radical (unpaired) electrons. The summed E-state index contributed by atoms with van der Waals surface area (Å²) < 4.78 is 17.0. The van der Waals surface area contributed by atoms with Crippen LogP contribution in [0.2, 0.25) is 0 Å². The van der Waals surface area contributed by atoms with Gasteiger partial charge in [-0.25, -0.2) is 0 Å². The molecule has 33 heavy (non-hydrogen) atoms. The Morgan fingerprint density at radius 3 is 2.55 bits per heavy atom. The molecule has 3 aromatic rings. The highest BCUT2D eigenvalue weighted by atomic mass is 16.5. The number of carbonyl (C=O) groups is 1. The quantitative estimate of drug-likeness (QED) is 0.495. The van der Waals surface area contributed by atoms with E-state index in [0.717, 1.165) is 58.9 Å². The molecule has 0 N–H and O–H groups in total. The van der Waals surface area contributed by atoms with E-state index in [1.54, 1.807) is 26.6 Å². The van der Waals surface area contributed by atoms with E-state index in [1.807, 2.05) is 61.2 Å². The van der Waals surface area contributed by atoms with Gasteiger partial charge in [0.1, 0.15) is 23.9 Å². The number of benzene rings is 2. The van der Waals surface area contributed by atoms with Gasteiger partial charge in [0.2, 0.25) is 0 Å². The molecule has 1 atom stereocenters. The monoisotopic (exact) mass is 446 g/mol. The molecule has 1 saturated heterocycles. The molecule has 1 unspecified atom stereocenters. The molecular formula is C27H30N2O4. The Bertz CT molecular complexity index is 1110. The predicted octanol–water partition coefficient (Wildman–Crippen LogP) is 5.27. The molecule has 6 nitrogen and oxygen atoms in total. The van der Waals surface area contributed by atoms with Gasteiger partial charge in [0, 0.05) is 41.7 Å². The van der Waals surface area contributed by atoms with Crippen molar-refractivity contribution in [3.05, 3.63) is 82.7 Å². The van der Waals surface area contributed by atoms with Crippen molar-refractivity contribution in [2.24, 2.45) is 0 Å². The van der Waals surface area contributed by atoms with Crippen molar-refractivity contribution in [1.82, 2.24) is 9.88 Å². The van der Waals surface area contributed by atoms with Crippen molar-refractivity contribution in [2.45, 2.75) is 39.3 Å². The molecule has 0 aliphatic carbocycles. The molecule has 1 aliphatic rings. The Labute approximate surface area is 195 Å². The summed E-state index contributed by atoms with van der Waals surface area (Å²) in [6, 6.07) is 13.5. The Hall–Kier alpha value is -3.54. The summed E-state index contributed by atoms with van der Waals surface area (Å²) in [4.78, 5) is 19.6. The lowest BCUT2D eigenvalue weighted by atomic mass is 10.0. The molecule has 1 fully saturated rings. The van der Waals surface area contributed by atoms with Gasteiger partial charge in [-0.05, 0) is 68.1 Å². The maximum absolute atomic E-state index is 13.6. The van der Waals surface area contributed by atoms with Crippen molar-refractivity contribution in [1.29, 1.82) is 0 Å². The summed E-state index contributed by atoms with van der Waals surface area (Å²) in [5.41, 5.74) is 4.58. The number of aryl methyl sites for hydroxylation is 2. The van der Waals surface area contributed by atoms with Crippen molar-refractivity contribution in [2.75, 3.05) is 20.8 Å². The molecular weight excluding hydrogens is 416 g/mol. The van der Waals surface area contributed by atoms with Crippen molar-refractivity contribution in [3.8, 4) is 17.2 Å². The zero-order chi connectivity index (χ0) is 23.4. The number of hydrogen-bond donors (Lipinski definition) is 0. The molecule has 2 heterocycles. The SMILES string of the molecule is COc1ccc(C2CCCN2C(=O)c2cc(C)c(OCc3cccnc3)c(C)c2)c(OC)c1. The van der Waals surface area contributed by atoms with Crippen LogP contribution >= 0.6 is 0 Å². The predicted molar refractivity (Wildman–Crippen MR) is 127 cm³/mol. The van der Waals surface area contributed by atoms with E-state index < -0.39 is 0 Å². The van der Waals surface area contributed by atoms with Crippen LogP contribution in [0.5, 0.6) is 17.2 Å². The Morgan fingerprint density at radius 2 is 1.88 bits per heavy atom. The van der Waals surface area contributed by atoms with E-state index in [4.69, 9.17) is 14.2 Å². The molecule has 6 heteroatoms. The van der Waals surface area contributed by atoms with Crippen LogP contribution in [-0.4, -0.2) is 36.6 Å². The average molecular weight is 447 g/mol. The first-order valence-electron chi connectivity index (χ1n) is 11.2. The molecule has 0 saturated carbocycles. The van der Waals surface area contributed by atoms with Crippen LogP contribution in [0.4, 0.5) is 0 Å². The number of ether oxygens (including phenoxy) is 3. The minimum absolute atomic E-state index is 0.0273. The molecule has 4 rings (SSSR count). The number of carbonyl (C=O) groups excluding carboxylic acids is 1. The van der Waals surface area contributed by atoms with Gasteiger partial charge in [0.05, 0.1) is 20.3 Å². The average Bonchev–Trinajstić information content (AvgIpc) is 3.32. The number of aromatic nitrogens is 1. The third-order valence-electron chi connectivity index (χ3n) is 6.13. The fourth-order valence-electron chi connectivity index (χ4n) is 4.53.